The molecule has 168 valence electrons. The molecule has 2 nitrogen and oxygen atoms in total. The van der Waals surface area contributed by atoms with Gasteiger partial charge in [0, 0.05) is 24.0 Å². The molecule has 0 aromatic carbocycles. The molecule has 0 N–H and O–H groups in total. The van der Waals surface area contributed by atoms with Gasteiger partial charge in [0.2, 0.25) is 0 Å². The second-order valence-electron chi connectivity index (χ2n) is 10.3. The first kappa shape index (κ1) is 26.2. The summed E-state index contributed by atoms with van der Waals surface area (Å²) in [4.78, 5) is -0.0750. The Bertz CT molecular complexity index is 378. The third-order valence-electron chi connectivity index (χ3n) is 6.91. The van der Waals surface area contributed by atoms with Crippen molar-refractivity contribution in [1.82, 2.24) is 0 Å². The van der Waals surface area contributed by atoms with Crippen molar-refractivity contribution in [3.8, 4) is 0 Å². The highest BCUT2D eigenvalue weighted by Gasteiger charge is 2.41. The zero-order valence-corrected chi connectivity index (χ0v) is 20.6. The van der Waals surface area contributed by atoms with Crippen molar-refractivity contribution in [3.63, 3.8) is 0 Å². The van der Waals surface area contributed by atoms with Crippen LogP contribution < -0.4 is 0 Å². The van der Waals surface area contributed by atoms with Gasteiger partial charge in [-0.25, -0.2) is 0 Å². The number of hydrogen-bond acceptors (Lipinski definition) is 2. The third-order valence-corrected chi connectivity index (χ3v) is 7.47. The van der Waals surface area contributed by atoms with E-state index in [0.717, 1.165) is 45.5 Å². The molecule has 0 saturated heterocycles. The average Bonchev–Trinajstić information content (AvgIpc) is 2.68. The lowest BCUT2D eigenvalue weighted by Crippen LogP contribution is -2.42. The fourth-order valence-corrected chi connectivity index (χ4v) is 5.19. The van der Waals surface area contributed by atoms with Gasteiger partial charge >= 0.3 is 0 Å². The number of halogens is 1. The number of ether oxygens (including phenoxy) is 2. The predicted octanol–water partition coefficient (Wildman–Crippen LogP) is 7.87. The Balaban J connectivity index is 2.93. The van der Waals surface area contributed by atoms with E-state index in [-0.39, 0.29) is 10.3 Å². The summed E-state index contributed by atoms with van der Waals surface area (Å²) in [7, 11) is 1.86. The van der Waals surface area contributed by atoms with Crippen LogP contribution in [0.4, 0.5) is 0 Å². The highest BCUT2D eigenvalue weighted by atomic mass is 35.5. The van der Waals surface area contributed by atoms with Crippen LogP contribution in [0, 0.1) is 23.2 Å². The normalized spacial score (nSPS) is 18.8. The van der Waals surface area contributed by atoms with E-state index in [1.54, 1.807) is 0 Å². The average molecular weight is 417 g/mol. The summed E-state index contributed by atoms with van der Waals surface area (Å²) in [5.74, 6) is 2.13. The lowest BCUT2D eigenvalue weighted by molar-refractivity contribution is -0.0591. The summed E-state index contributed by atoms with van der Waals surface area (Å²) in [5.41, 5.74) is 0.126. The molecule has 1 fully saturated rings. The molecule has 0 amide bonds. The maximum Gasteiger partial charge on any atom is 0.0547 e. The van der Waals surface area contributed by atoms with Crippen molar-refractivity contribution in [1.29, 1.82) is 0 Å². The van der Waals surface area contributed by atoms with Crippen molar-refractivity contribution in [3.05, 3.63) is 0 Å². The molecule has 0 aliphatic heterocycles. The summed E-state index contributed by atoms with van der Waals surface area (Å²) in [6, 6.07) is 0. The Kier molecular flexibility index (Phi) is 12.7. The number of rotatable bonds is 15. The van der Waals surface area contributed by atoms with Gasteiger partial charge in [0.1, 0.15) is 0 Å². The van der Waals surface area contributed by atoms with Gasteiger partial charge in [-0.3, -0.25) is 0 Å². The van der Waals surface area contributed by atoms with Crippen LogP contribution in [0.5, 0.6) is 0 Å². The molecule has 0 aromatic heterocycles. The van der Waals surface area contributed by atoms with Gasteiger partial charge in [-0.1, -0.05) is 47.0 Å². The summed E-state index contributed by atoms with van der Waals surface area (Å²) >= 11 is 7.32. The van der Waals surface area contributed by atoms with Crippen LogP contribution in [-0.2, 0) is 9.47 Å². The predicted molar refractivity (Wildman–Crippen MR) is 123 cm³/mol. The molecule has 1 aliphatic rings. The molecule has 1 rings (SSSR count). The van der Waals surface area contributed by atoms with Gasteiger partial charge < -0.3 is 9.47 Å². The highest BCUT2D eigenvalue weighted by molar-refractivity contribution is 6.23. The van der Waals surface area contributed by atoms with Gasteiger partial charge in [-0.15, -0.1) is 11.6 Å². The second kappa shape index (κ2) is 13.5. The van der Waals surface area contributed by atoms with E-state index in [1.165, 1.54) is 44.9 Å². The van der Waals surface area contributed by atoms with Crippen LogP contribution >= 0.6 is 11.6 Å². The zero-order valence-electron chi connectivity index (χ0n) is 19.8. The molecule has 0 bridgehead atoms. The van der Waals surface area contributed by atoms with Gasteiger partial charge in [0.05, 0.1) is 13.2 Å². The molecular weight excluding hydrogens is 368 g/mol. The molecule has 0 radical (unpaired) electrons. The van der Waals surface area contributed by atoms with Crippen molar-refractivity contribution in [2.45, 2.75) is 110 Å². The van der Waals surface area contributed by atoms with E-state index in [4.69, 9.17) is 21.1 Å². The van der Waals surface area contributed by atoms with Crippen molar-refractivity contribution in [2.24, 2.45) is 23.2 Å². The summed E-state index contributed by atoms with van der Waals surface area (Å²) in [6.45, 7) is 13.8. The topological polar surface area (TPSA) is 18.5 Å². The molecule has 0 aromatic rings. The molecule has 1 saturated carbocycles. The van der Waals surface area contributed by atoms with E-state index in [2.05, 4.69) is 34.6 Å². The van der Waals surface area contributed by atoms with Crippen molar-refractivity contribution in [2.75, 3.05) is 26.9 Å². The van der Waals surface area contributed by atoms with E-state index in [0.29, 0.717) is 17.8 Å². The van der Waals surface area contributed by atoms with E-state index < -0.39 is 0 Å². The zero-order chi connectivity index (χ0) is 21.0. The Labute approximate surface area is 181 Å². The summed E-state index contributed by atoms with van der Waals surface area (Å²) in [5, 5.41) is 0. The highest BCUT2D eigenvalue weighted by Crippen LogP contribution is 2.46. The molecule has 28 heavy (non-hydrogen) atoms. The smallest absolute Gasteiger partial charge is 0.0547 e. The third kappa shape index (κ3) is 9.35. The van der Waals surface area contributed by atoms with Crippen LogP contribution in [-0.4, -0.2) is 31.8 Å². The number of alkyl halides is 1. The van der Waals surface area contributed by atoms with Gasteiger partial charge in [0.15, 0.2) is 0 Å². The molecular formula is C25H49ClO2. The van der Waals surface area contributed by atoms with E-state index in [9.17, 15) is 0 Å². The van der Waals surface area contributed by atoms with Crippen LogP contribution in [0.25, 0.3) is 0 Å². The number of hydrogen-bond donors (Lipinski definition) is 0. The first-order chi connectivity index (χ1) is 13.3. The number of methoxy groups -OCH3 is 1. The van der Waals surface area contributed by atoms with Crippen molar-refractivity contribution < 1.29 is 9.47 Å². The first-order valence-electron chi connectivity index (χ1n) is 12.0. The quantitative estimate of drug-likeness (QED) is 0.253. The minimum Gasteiger partial charge on any atom is -0.384 e. The first-order valence-corrected chi connectivity index (χ1v) is 12.4. The summed E-state index contributed by atoms with van der Waals surface area (Å²) < 4.78 is 11.8. The fourth-order valence-electron chi connectivity index (χ4n) is 4.88. The molecule has 0 heterocycles. The molecule has 3 heteroatoms. The van der Waals surface area contributed by atoms with Gasteiger partial charge in [-0.05, 0) is 76.0 Å². The van der Waals surface area contributed by atoms with Gasteiger partial charge in [0.25, 0.3) is 0 Å². The largest absolute Gasteiger partial charge is 0.384 e. The van der Waals surface area contributed by atoms with Crippen LogP contribution in [0.2, 0.25) is 0 Å². The Morgan fingerprint density at radius 3 is 1.89 bits per heavy atom. The standard InChI is InChI=1S/C25H49ClO2/c1-7-28-20-24(19-27-6,23-11-9-8-10-12-23)17-18-25(26,15-13-21(2)3)16-14-22(4)5/h21-23H,7-20H2,1-6H3. The Morgan fingerprint density at radius 2 is 1.43 bits per heavy atom. The molecule has 1 unspecified atom stereocenters. The fraction of sp³-hybridized carbons (Fsp3) is 1.00. The van der Waals surface area contributed by atoms with Crippen LogP contribution in [0.1, 0.15) is 105 Å². The minimum atomic E-state index is -0.0750. The maximum absolute atomic E-state index is 7.32. The van der Waals surface area contributed by atoms with E-state index >= 15 is 0 Å². The van der Waals surface area contributed by atoms with Crippen LogP contribution in [0.15, 0.2) is 0 Å². The SMILES string of the molecule is CCOCC(CCC(Cl)(CCC(C)C)CCC(C)C)(COC)C1CCCCC1. The van der Waals surface area contributed by atoms with Crippen LogP contribution in [0.3, 0.4) is 0 Å². The lowest BCUT2D eigenvalue weighted by atomic mass is 9.66. The Morgan fingerprint density at radius 1 is 0.857 bits per heavy atom. The summed E-state index contributed by atoms with van der Waals surface area (Å²) in [6.07, 6.45) is 13.6. The van der Waals surface area contributed by atoms with Crippen molar-refractivity contribution >= 4 is 11.6 Å². The lowest BCUT2D eigenvalue weighted by Gasteiger charge is -2.44. The van der Waals surface area contributed by atoms with E-state index in [1.807, 2.05) is 7.11 Å². The minimum absolute atomic E-state index is 0.0750. The monoisotopic (exact) mass is 416 g/mol. The Hall–Kier alpha value is 0.210. The molecule has 0 spiro atoms. The molecule has 1 aliphatic carbocycles. The molecule has 1 atom stereocenters. The van der Waals surface area contributed by atoms with Gasteiger partial charge in [-0.2, -0.15) is 0 Å². The maximum atomic E-state index is 7.32. The second-order valence-corrected chi connectivity index (χ2v) is 11.1.